The molecule has 1 atom stereocenters. The highest BCUT2D eigenvalue weighted by atomic mass is 16.5. The Morgan fingerprint density at radius 3 is 1.55 bits per heavy atom. The van der Waals surface area contributed by atoms with Gasteiger partial charge in [-0.05, 0) is 38.6 Å². The Kier molecular flexibility index (Phi) is 22.2. The van der Waals surface area contributed by atoms with Gasteiger partial charge in [-0.3, -0.25) is 4.79 Å². The molecule has 0 rings (SSSR count). The van der Waals surface area contributed by atoms with E-state index in [0.717, 1.165) is 38.5 Å². The van der Waals surface area contributed by atoms with Gasteiger partial charge in [-0.25, -0.2) is 4.79 Å². The quantitative estimate of drug-likeness (QED) is 0.0855. The number of carbonyl (C=O) groups is 2. The number of hydrogen-bond acceptors (Lipinski definition) is 5. The van der Waals surface area contributed by atoms with Crippen LogP contribution in [0, 0.1) is 0 Å². The molecular formula is C28H56N2O3. The molecular weight excluding hydrogens is 412 g/mol. The number of ether oxygens (including phenoxy) is 1. The van der Waals surface area contributed by atoms with E-state index < -0.39 is 11.5 Å². The molecule has 33 heavy (non-hydrogen) atoms. The zero-order chi connectivity index (χ0) is 24.6. The maximum absolute atomic E-state index is 12.8. The largest absolute Gasteiger partial charge is 0.464 e. The molecule has 0 aliphatic heterocycles. The van der Waals surface area contributed by atoms with Crippen LogP contribution in [0.3, 0.4) is 0 Å². The molecule has 0 fully saturated rings. The van der Waals surface area contributed by atoms with Crippen LogP contribution in [0.5, 0.6) is 0 Å². The summed E-state index contributed by atoms with van der Waals surface area (Å²) >= 11 is 0. The van der Waals surface area contributed by atoms with Crippen LogP contribution >= 0.6 is 0 Å². The van der Waals surface area contributed by atoms with E-state index >= 15 is 0 Å². The molecule has 0 aromatic heterocycles. The first-order valence-corrected chi connectivity index (χ1v) is 14.2. The summed E-state index contributed by atoms with van der Waals surface area (Å²) < 4.78 is 5.31. The van der Waals surface area contributed by atoms with Gasteiger partial charge in [-0.15, -0.1) is 0 Å². The minimum atomic E-state index is -1.50. The Labute approximate surface area is 205 Å². The molecule has 4 N–H and O–H groups in total. The summed E-state index contributed by atoms with van der Waals surface area (Å²) in [4.78, 5) is 25.3. The smallest absolute Gasteiger partial charge is 0.333 e. The minimum absolute atomic E-state index is 0.171. The molecule has 5 nitrogen and oxygen atoms in total. The van der Waals surface area contributed by atoms with Gasteiger partial charge in [0.05, 0.1) is 6.61 Å². The van der Waals surface area contributed by atoms with Crippen molar-refractivity contribution in [3.05, 3.63) is 0 Å². The highest BCUT2D eigenvalue weighted by Crippen LogP contribution is 2.20. The Balaban J connectivity index is 3.91. The predicted octanol–water partition coefficient (Wildman–Crippen LogP) is 6.99. The van der Waals surface area contributed by atoms with E-state index in [2.05, 4.69) is 6.92 Å². The molecule has 0 aromatic carbocycles. The molecule has 0 saturated carbocycles. The molecule has 196 valence electrons. The highest BCUT2D eigenvalue weighted by Gasteiger charge is 2.41. The lowest BCUT2D eigenvalue weighted by atomic mass is 9.86. The number of Topliss-reactive ketones (excluding diaryl/α,β-unsaturated/α-hetero) is 1. The van der Waals surface area contributed by atoms with Crippen molar-refractivity contribution in [3.63, 3.8) is 0 Å². The molecule has 0 bridgehead atoms. The molecule has 0 spiro atoms. The van der Waals surface area contributed by atoms with Gasteiger partial charge >= 0.3 is 5.97 Å². The second-order valence-corrected chi connectivity index (χ2v) is 9.83. The molecule has 1 unspecified atom stereocenters. The van der Waals surface area contributed by atoms with Crippen LogP contribution in [0.15, 0.2) is 0 Å². The molecule has 0 saturated heterocycles. The van der Waals surface area contributed by atoms with E-state index in [1.807, 2.05) is 6.92 Å². The molecule has 0 heterocycles. The highest BCUT2D eigenvalue weighted by molar-refractivity contribution is 6.08. The standard InChI is InChI=1S/C28H56N2O3/c1-3-5-7-8-9-10-11-12-13-14-15-16-17-18-19-22-26(31)28(30,23-20-21-24-29)27(32)33-25-6-4-2/h3-25,29-30H2,1-2H3. The van der Waals surface area contributed by atoms with Gasteiger partial charge in [0, 0.05) is 6.42 Å². The number of hydrogen-bond donors (Lipinski definition) is 2. The Morgan fingerprint density at radius 2 is 1.09 bits per heavy atom. The summed E-state index contributed by atoms with van der Waals surface area (Å²) in [6.45, 7) is 5.17. The van der Waals surface area contributed by atoms with Crippen molar-refractivity contribution in [1.29, 1.82) is 0 Å². The lowest BCUT2D eigenvalue weighted by molar-refractivity contribution is -0.154. The molecule has 0 aromatic rings. The third-order valence-corrected chi connectivity index (χ3v) is 6.63. The third kappa shape index (κ3) is 17.2. The molecule has 0 amide bonds. The van der Waals surface area contributed by atoms with Crippen LogP contribution in [0.4, 0.5) is 0 Å². The van der Waals surface area contributed by atoms with Crippen molar-refractivity contribution < 1.29 is 14.3 Å². The van der Waals surface area contributed by atoms with Crippen LogP contribution in [-0.2, 0) is 14.3 Å². The fourth-order valence-corrected chi connectivity index (χ4v) is 4.22. The van der Waals surface area contributed by atoms with E-state index in [1.165, 1.54) is 77.0 Å². The second kappa shape index (κ2) is 22.8. The maximum Gasteiger partial charge on any atom is 0.333 e. The Bertz CT molecular complexity index is 470. The SMILES string of the molecule is CCCCCCCCCCCCCCCCCC(=O)C(N)(CCCCN)C(=O)OCCCC. The Hall–Kier alpha value is -0.940. The van der Waals surface area contributed by atoms with E-state index in [1.54, 1.807) is 0 Å². The third-order valence-electron chi connectivity index (χ3n) is 6.63. The van der Waals surface area contributed by atoms with Gasteiger partial charge in [-0.1, -0.05) is 110 Å². The van der Waals surface area contributed by atoms with Crippen molar-refractivity contribution in [2.24, 2.45) is 11.5 Å². The lowest BCUT2D eigenvalue weighted by Crippen LogP contribution is -2.55. The van der Waals surface area contributed by atoms with Crippen LogP contribution in [0.25, 0.3) is 0 Å². The van der Waals surface area contributed by atoms with Gasteiger partial charge < -0.3 is 16.2 Å². The average molecular weight is 469 g/mol. The van der Waals surface area contributed by atoms with Gasteiger partial charge in [0.2, 0.25) is 0 Å². The average Bonchev–Trinajstić information content (AvgIpc) is 2.81. The zero-order valence-electron chi connectivity index (χ0n) is 22.1. The van der Waals surface area contributed by atoms with Crippen LogP contribution in [-0.4, -0.2) is 30.4 Å². The van der Waals surface area contributed by atoms with Gasteiger partial charge in [0.15, 0.2) is 11.3 Å². The summed E-state index contributed by atoms with van der Waals surface area (Å²) in [6.07, 6.45) is 23.1. The van der Waals surface area contributed by atoms with E-state index in [4.69, 9.17) is 16.2 Å². The second-order valence-electron chi connectivity index (χ2n) is 9.83. The first kappa shape index (κ1) is 32.1. The van der Waals surface area contributed by atoms with Crippen molar-refractivity contribution >= 4 is 11.8 Å². The van der Waals surface area contributed by atoms with Gasteiger partial charge in [0.25, 0.3) is 0 Å². The molecule has 0 aliphatic rings. The van der Waals surface area contributed by atoms with Crippen LogP contribution in [0.1, 0.15) is 149 Å². The van der Waals surface area contributed by atoms with E-state index in [0.29, 0.717) is 32.4 Å². The van der Waals surface area contributed by atoms with Gasteiger partial charge in [-0.2, -0.15) is 0 Å². The van der Waals surface area contributed by atoms with Crippen molar-refractivity contribution in [1.82, 2.24) is 0 Å². The fourth-order valence-electron chi connectivity index (χ4n) is 4.22. The Morgan fingerprint density at radius 1 is 0.636 bits per heavy atom. The predicted molar refractivity (Wildman–Crippen MR) is 140 cm³/mol. The number of esters is 1. The summed E-state index contributed by atoms with van der Waals surface area (Å²) in [5.74, 6) is -0.727. The summed E-state index contributed by atoms with van der Waals surface area (Å²) in [6, 6.07) is 0. The van der Waals surface area contributed by atoms with Crippen molar-refractivity contribution in [2.75, 3.05) is 13.2 Å². The van der Waals surface area contributed by atoms with Gasteiger partial charge in [0.1, 0.15) is 0 Å². The number of nitrogens with two attached hydrogens (primary N) is 2. The van der Waals surface area contributed by atoms with Crippen molar-refractivity contribution in [3.8, 4) is 0 Å². The number of unbranched alkanes of at least 4 members (excludes halogenated alkanes) is 16. The fraction of sp³-hybridized carbons (Fsp3) is 0.929. The number of ketones is 1. The molecule has 0 radical (unpaired) electrons. The monoisotopic (exact) mass is 468 g/mol. The first-order valence-electron chi connectivity index (χ1n) is 14.2. The normalized spacial score (nSPS) is 13.1. The number of rotatable bonds is 25. The first-order chi connectivity index (χ1) is 16.0. The van der Waals surface area contributed by atoms with E-state index in [-0.39, 0.29) is 5.78 Å². The molecule has 0 aliphatic carbocycles. The topological polar surface area (TPSA) is 95.4 Å². The lowest BCUT2D eigenvalue weighted by Gasteiger charge is -2.26. The minimum Gasteiger partial charge on any atom is -0.464 e. The van der Waals surface area contributed by atoms with Crippen LogP contribution in [0.2, 0.25) is 0 Å². The van der Waals surface area contributed by atoms with E-state index in [9.17, 15) is 9.59 Å². The summed E-state index contributed by atoms with van der Waals surface area (Å²) in [5, 5.41) is 0. The number of carbonyl (C=O) groups excluding carboxylic acids is 2. The van der Waals surface area contributed by atoms with Crippen LogP contribution < -0.4 is 11.5 Å². The maximum atomic E-state index is 12.8. The zero-order valence-corrected chi connectivity index (χ0v) is 22.1. The summed E-state index contributed by atoms with van der Waals surface area (Å²) in [5.41, 5.74) is 10.4. The van der Waals surface area contributed by atoms with Crippen molar-refractivity contribution in [2.45, 2.75) is 154 Å². The summed E-state index contributed by atoms with van der Waals surface area (Å²) in [7, 11) is 0. The molecule has 5 heteroatoms.